The van der Waals surface area contributed by atoms with Gasteiger partial charge in [0.05, 0.1) is 18.5 Å². The van der Waals surface area contributed by atoms with Gasteiger partial charge in [-0.05, 0) is 25.3 Å². The van der Waals surface area contributed by atoms with Crippen LogP contribution in [0, 0.1) is 0 Å². The number of ether oxygens (including phenoxy) is 1. The molecule has 1 aliphatic carbocycles. The minimum absolute atomic E-state index is 0.518. The molecule has 0 radical (unpaired) electrons. The molecule has 0 saturated heterocycles. The van der Waals surface area contributed by atoms with Crippen molar-refractivity contribution in [1.29, 1.82) is 0 Å². The van der Waals surface area contributed by atoms with Gasteiger partial charge in [0.2, 0.25) is 0 Å². The number of nitrogens with zero attached hydrogens (tertiary/aromatic N) is 3. The molecule has 2 heterocycles. The van der Waals surface area contributed by atoms with E-state index in [1.54, 1.807) is 6.20 Å². The van der Waals surface area contributed by atoms with Gasteiger partial charge in [0, 0.05) is 30.8 Å². The summed E-state index contributed by atoms with van der Waals surface area (Å²) < 4.78 is 5.64. The summed E-state index contributed by atoms with van der Waals surface area (Å²) in [4.78, 5) is 13.5. The molecule has 0 aliphatic heterocycles. The van der Waals surface area contributed by atoms with Crippen molar-refractivity contribution in [2.24, 2.45) is 0 Å². The van der Waals surface area contributed by atoms with Crippen molar-refractivity contribution in [2.75, 3.05) is 19.0 Å². The number of anilines is 1. The summed E-state index contributed by atoms with van der Waals surface area (Å²) in [5, 5.41) is 3.11. The predicted molar refractivity (Wildman–Crippen MR) is 82.6 cm³/mol. The van der Waals surface area contributed by atoms with Crippen LogP contribution in [0.15, 0.2) is 24.5 Å². The minimum atomic E-state index is 0.518. The first-order chi connectivity index (χ1) is 10.3. The molecule has 0 spiro atoms. The molecular weight excluding hydrogens is 264 g/mol. The molecule has 21 heavy (non-hydrogen) atoms. The zero-order chi connectivity index (χ0) is 14.7. The molecule has 3 rings (SSSR count). The molecule has 0 bridgehead atoms. The van der Waals surface area contributed by atoms with E-state index >= 15 is 0 Å². The van der Waals surface area contributed by atoms with Crippen molar-refractivity contribution in [1.82, 2.24) is 15.0 Å². The van der Waals surface area contributed by atoms with Crippen LogP contribution in [0.2, 0.25) is 0 Å². The normalized spacial score (nSPS) is 14.0. The molecule has 0 aromatic carbocycles. The highest BCUT2D eigenvalue weighted by Gasteiger charge is 2.27. The van der Waals surface area contributed by atoms with E-state index in [-0.39, 0.29) is 0 Å². The van der Waals surface area contributed by atoms with Gasteiger partial charge in [-0.3, -0.25) is 4.98 Å². The van der Waals surface area contributed by atoms with Gasteiger partial charge in [-0.2, -0.15) is 0 Å². The Bertz CT molecular complexity index is 625. The molecular formula is C16H20N4O. The molecule has 0 amide bonds. The molecule has 0 atom stereocenters. The van der Waals surface area contributed by atoms with Gasteiger partial charge < -0.3 is 10.1 Å². The highest BCUT2D eigenvalue weighted by atomic mass is 16.5. The quantitative estimate of drug-likeness (QED) is 0.882. The summed E-state index contributed by atoms with van der Waals surface area (Å²) in [5.41, 5.74) is 1.86. The Morgan fingerprint density at radius 3 is 2.81 bits per heavy atom. The number of nitrogens with one attached hydrogen (secondary N) is 1. The molecule has 1 fully saturated rings. The first kappa shape index (κ1) is 13.8. The van der Waals surface area contributed by atoms with Crippen LogP contribution in [0.5, 0.6) is 5.75 Å². The summed E-state index contributed by atoms with van der Waals surface area (Å²) in [5.74, 6) is 3.08. The Kier molecular flexibility index (Phi) is 3.99. The van der Waals surface area contributed by atoms with Gasteiger partial charge in [-0.15, -0.1) is 0 Å². The Balaban J connectivity index is 1.93. The minimum Gasteiger partial charge on any atom is -0.492 e. The maximum Gasteiger partial charge on any atom is 0.138 e. The van der Waals surface area contributed by atoms with Crippen molar-refractivity contribution in [3.63, 3.8) is 0 Å². The van der Waals surface area contributed by atoms with Crippen LogP contribution in [0.1, 0.15) is 37.9 Å². The number of pyridine rings is 1. The van der Waals surface area contributed by atoms with Crippen LogP contribution in [0.25, 0.3) is 11.3 Å². The summed E-state index contributed by atoms with van der Waals surface area (Å²) in [6, 6.07) is 3.94. The Morgan fingerprint density at radius 2 is 2.10 bits per heavy atom. The average Bonchev–Trinajstić information content (AvgIpc) is 3.37. The van der Waals surface area contributed by atoms with Crippen LogP contribution in [0.3, 0.4) is 0 Å². The van der Waals surface area contributed by atoms with Crippen LogP contribution < -0.4 is 10.1 Å². The van der Waals surface area contributed by atoms with Gasteiger partial charge in [0.25, 0.3) is 0 Å². The summed E-state index contributed by atoms with van der Waals surface area (Å²) in [6.07, 6.45) is 6.90. The van der Waals surface area contributed by atoms with E-state index in [1.165, 1.54) is 12.8 Å². The zero-order valence-corrected chi connectivity index (χ0v) is 12.5. The largest absolute Gasteiger partial charge is 0.492 e. The predicted octanol–water partition coefficient (Wildman–Crippen LogP) is 3.25. The molecule has 1 saturated carbocycles. The summed E-state index contributed by atoms with van der Waals surface area (Å²) >= 11 is 0. The molecule has 2 aromatic rings. The second-order valence-corrected chi connectivity index (χ2v) is 5.28. The van der Waals surface area contributed by atoms with E-state index in [0.717, 1.165) is 35.1 Å². The van der Waals surface area contributed by atoms with E-state index in [2.05, 4.69) is 27.2 Å². The second-order valence-electron chi connectivity index (χ2n) is 5.28. The van der Waals surface area contributed by atoms with Crippen molar-refractivity contribution in [2.45, 2.75) is 32.1 Å². The van der Waals surface area contributed by atoms with Crippen molar-refractivity contribution < 1.29 is 4.74 Å². The molecule has 1 N–H and O–H groups in total. The SMILES string of the molecule is CCCOc1cncc(-c2cc(NC)nc(C3CC3)n2)c1. The monoisotopic (exact) mass is 284 g/mol. The van der Waals surface area contributed by atoms with E-state index in [4.69, 9.17) is 4.74 Å². The van der Waals surface area contributed by atoms with E-state index in [0.29, 0.717) is 12.5 Å². The molecule has 110 valence electrons. The lowest BCUT2D eigenvalue weighted by Crippen LogP contribution is -2.01. The topological polar surface area (TPSA) is 59.9 Å². The first-order valence-corrected chi connectivity index (χ1v) is 7.45. The maximum atomic E-state index is 5.64. The fourth-order valence-corrected chi connectivity index (χ4v) is 2.12. The number of rotatable bonds is 6. The fourth-order valence-electron chi connectivity index (χ4n) is 2.12. The van der Waals surface area contributed by atoms with Gasteiger partial charge in [-0.25, -0.2) is 9.97 Å². The van der Waals surface area contributed by atoms with Gasteiger partial charge in [-0.1, -0.05) is 6.92 Å². The third-order valence-corrected chi connectivity index (χ3v) is 3.42. The fraction of sp³-hybridized carbons (Fsp3) is 0.438. The number of hydrogen-bond acceptors (Lipinski definition) is 5. The molecule has 2 aromatic heterocycles. The van der Waals surface area contributed by atoms with E-state index in [1.807, 2.05) is 25.4 Å². The van der Waals surface area contributed by atoms with Crippen LogP contribution in [-0.2, 0) is 0 Å². The Hall–Kier alpha value is -2.17. The highest BCUT2D eigenvalue weighted by Crippen LogP contribution is 2.39. The third kappa shape index (κ3) is 3.29. The van der Waals surface area contributed by atoms with Crippen molar-refractivity contribution in [3.8, 4) is 17.0 Å². The van der Waals surface area contributed by atoms with E-state index < -0.39 is 0 Å². The number of aromatic nitrogens is 3. The van der Waals surface area contributed by atoms with Crippen LogP contribution >= 0.6 is 0 Å². The average molecular weight is 284 g/mol. The lowest BCUT2D eigenvalue weighted by atomic mass is 10.2. The van der Waals surface area contributed by atoms with Crippen molar-refractivity contribution in [3.05, 3.63) is 30.4 Å². The lowest BCUT2D eigenvalue weighted by molar-refractivity contribution is 0.316. The molecule has 5 nitrogen and oxygen atoms in total. The van der Waals surface area contributed by atoms with Gasteiger partial charge in [0.1, 0.15) is 17.4 Å². The zero-order valence-electron chi connectivity index (χ0n) is 12.5. The highest BCUT2D eigenvalue weighted by molar-refractivity contribution is 5.63. The first-order valence-electron chi connectivity index (χ1n) is 7.45. The standard InChI is InChI=1S/C16H20N4O/c1-3-6-21-13-7-12(9-18-10-13)14-8-15(17-2)20-16(19-14)11-4-5-11/h7-11H,3-6H2,1-2H3,(H,17,19,20). The Morgan fingerprint density at radius 1 is 1.24 bits per heavy atom. The van der Waals surface area contributed by atoms with E-state index in [9.17, 15) is 0 Å². The van der Waals surface area contributed by atoms with Crippen LogP contribution in [-0.4, -0.2) is 28.6 Å². The van der Waals surface area contributed by atoms with Crippen LogP contribution in [0.4, 0.5) is 5.82 Å². The van der Waals surface area contributed by atoms with Crippen molar-refractivity contribution >= 4 is 5.82 Å². The molecule has 0 unspecified atom stereocenters. The van der Waals surface area contributed by atoms with Gasteiger partial charge >= 0.3 is 0 Å². The second kappa shape index (κ2) is 6.08. The Labute approximate surface area is 124 Å². The third-order valence-electron chi connectivity index (χ3n) is 3.42. The molecule has 1 aliphatic rings. The smallest absolute Gasteiger partial charge is 0.138 e. The molecule has 5 heteroatoms. The number of hydrogen-bond donors (Lipinski definition) is 1. The van der Waals surface area contributed by atoms with Gasteiger partial charge in [0.15, 0.2) is 0 Å². The lowest BCUT2D eigenvalue weighted by Gasteiger charge is -2.09. The summed E-state index contributed by atoms with van der Waals surface area (Å²) in [6.45, 7) is 2.78. The maximum absolute atomic E-state index is 5.64. The summed E-state index contributed by atoms with van der Waals surface area (Å²) in [7, 11) is 1.88.